The number of pyridine rings is 1. The molecule has 2 N–H and O–H groups in total. The van der Waals surface area contributed by atoms with E-state index in [1.165, 1.54) is 12.8 Å². The topological polar surface area (TPSA) is 93.3 Å². The molecule has 1 saturated carbocycles. The van der Waals surface area contributed by atoms with Crippen molar-refractivity contribution in [2.24, 2.45) is 5.92 Å². The van der Waals surface area contributed by atoms with Gasteiger partial charge in [0.2, 0.25) is 0 Å². The van der Waals surface area contributed by atoms with Crippen molar-refractivity contribution in [3.63, 3.8) is 0 Å². The Morgan fingerprint density at radius 2 is 2.25 bits per heavy atom. The van der Waals surface area contributed by atoms with Crippen LogP contribution in [-0.4, -0.2) is 46.1 Å². The van der Waals surface area contributed by atoms with Crippen molar-refractivity contribution >= 4 is 5.82 Å². The molecule has 0 bridgehead atoms. The quantitative estimate of drug-likeness (QED) is 0.728. The Balaban J connectivity index is 1.52. The van der Waals surface area contributed by atoms with Crippen LogP contribution in [0.15, 0.2) is 22.9 Å². The molecule has 130 valence electrons. The first kappa shape index (κ1) is 16.9. The second-order valence-corrected chi connectivity index (χ2v) is 6.56. The first-order valence-electron chi connectivity index (χ1n) is 8.41. The molecule has 0 amide bonds. The predicted octanol–water partition coefficient (Wildman–Crippen LogP) is 2.45. The van der Waals surface area contributed by atoms with Crippen molar-refractivity contribution in [1.29, 1.82) is 0 Å². The maximum absolute atomic E-state index is 9.94. The van der Waals surface area contributed by atoms with Gasteiger partial charge < -0.3 is 19.7 Å². The molecule has 0 spiro atoms. The minimum absolute atomic E-state index is 0.215. The Morgan fingerprint density at radius 3 is 2.96 bits per heavy atom. The molecule has 1 aliphatic rings. The second-order valence-electron chi connectivity index (χ2n) is 6.56. The van der Waals surface area contributed by atoms with Gasteiger partial charge in [-0.1, -0.05) is 19.0 Å². The lowest BCUT2D eigenvalue weighted by Crippen LogP contribution is -2.25. The molecule has 0 saturated heterocycles. The highest BCUT2D eigenvalue weighted by atomic mass is 16.5. The molecule has 0 aliphatic heterocycles. The molecule has 0 aromatic carbocycles. The number of rotatable bonds is 9. The van der Waals surface area contributed by atoms with Crippen molar-refractivity contribution < 1.29 is 14.4 Å². The van der Waals surface area contributed by atoms with Crippen LogP contribution in [0.4, 0.5) is 5.82 Å². The summed E-state index contributed by atoms with van der Waals surface area (Å²) in [5, 5.41) is 17.0. The molecular weight excluding hydrogens is 308 g/mol. The standard InChI is InChI=1S/C17H24N4O3/c1-11(2)16-20-17(24-21-16)13-5-6-18-15(7-13)19-8-14(22)10-23-9-12-3-4-12/h5-7,11-12,14,22H,3-4,8-10H2,1-2H3,(H,18,19). The molecule has 2 aromatic rings. The van der Waals surface area contributed by atoms with E-state index < -0.39 is 6.10 Å². The summed E-state index contributed by atoms with van der Waals surface area (Å²) in [6.07, 6.45) is 3.61. The summed E-state index contributed by atoms with van der Waals surface area (Å²) in [5.74, 6) is 2.72. The summed E-state index contributed by atoms with van der Waals surface area (Å²) in [4.78, 5) is 8.62. The fourth-order valence-electron chi connectivity index (χ4n) is 2.18. The van der Waals surface area contributed by atoms with Crippen LogP contribution in [0, 0.1) is 5.92 Å². The van der Waals surface area contributed by atoms with Gasteiger partial charge in [0, 0.05) is 30.8 Å². The zero-order valence-electron chi connectivity index (χ0n) is 14.1. The van der Waals surface area contributed by atoms with Crippen molar-refractivity contribution in [2.45, 2.75) is 38.7 Å². The van der Waals surface area contributed by atoms with Gasteiger partial charge in [0.1, 0.15) is 5.82 Å². The summed E-state index contributed by atoms with van der Waals surface area (Å²) in [6.45, 7) is 5.49. The van der Waals surface area contributed by atoms with Gasteiger partial charge in [-0.3, -0.25) is 0 Å². The van der Waals surface area contributed by atoms with E-state index in [4.69, 9.17) is 9.26 Å². The zero-order valence-corrected chi connectivity index (χ0v) is 14.1. The van der Waals surface area contributed by atoms with Gasteiger partial charge in [0.05, 0.1) is 12.7 Å². The van der Waals surface area contributed by atoms with E-state index in [1.807, 2.05) is 26.0 Å². The maximum atomic E-state index is 9.94. The fraction of sp³-hybridized carbons (Fsp3) is 0.588. The molecule has 1 unspecified atom stereocenters. The third-order valence-corrected chi connectivity index (χ3v) is 3.84. The van der Waals surface area contributed by atoms with Gasteiger partial charge in [0.25, 0.3) is 5.89 Å². The van der Waals surface area contributed by atoms with E-state index in [-0.39, 0.29) is 5.92 Å². The van der Waals surface area contributed by atoms with Gasteiger partial charge in [0.15, 0.2) is 5.82 Å². The maximum Gasteiger partial charge on any atom is 0.258 e. The summed E-state index contributed by atoms with van der Waals surface area (Å²) in [5.41, 5.74) is 0.798. The molecule has 3 rings (SSSR count). The van der Waals surface area contributed by atoms with Gasteiger partial charge in [-0.2, -0.15) is 4.98 Å². The predicted molar refractivity (Wildman–Crippen MR) is 89.7 cm³/mol. The van der Waals surface area contributed by atoms with E-state index in [0.29, 0.717) is 36.6 Å². The number of anilines is 1. The van der Waals surface area contributed by atoms with Crippen LogP contribution in [0.2, 0.25) is 0 Å². The van der Waals surface area contributed by atoms with Crippen LogP contribution >= 0.6 is 0 Å². The third-order valence-electron chi connectivity index (χ3n) is 3.84. The lowest BCUT2D eigenvalue weighted by Gasteiger charge is -2.12. The summed E-state index contributed by atoms with van der Waals surface area (Å²) in [7, 11) is 0. The number of aromatic nitrogens is 3. The van der Waals surface area contributed by atoms with E-state index in [2.05, 4.69) is 20.4 Å². The van der Waals surface area contributed by atoms with Crippen molar-refractivity contribution in [1.82, 2.24) is 15.1 Å². The highest BCUT2D eigenvalue weighted by Gasteiger charge is 2.21. The summed E-state index contributed by atoms with van der Waals surface area (Å²) < 4.78 is 10.8. The molecule has 7 heteroatoms. The largest absolute Gasteiger partial charge is 0.389 e. The smallest absolute Gasteiger partial charge is 0.258 e. The van der Waals surface area contributed by atoms with Gasteiger partial charge >= 0.3 is 0 Å². The van der Waals surface area contributed by atoms with E-state index in [0.717, 1.165) is 12.2 Å². The van der Waals surface area contributed by atoms with Gasteiger partial charge in [-0.25, -0.2) is 4.98 Å². The highest BCUT2D eigenvalue weighted by molar-refractivity contribution is 5.57. The number of hydrogen-bond donors (Lipinski definition) is 2. The van der Waals surface area contributed by atoms with E-state index in [1.54, 1.807) is 6.20 Å². The number of nitrogens with zero attached hydrogens (tertiary/aromatic N) is 3. The Morgan fingerprint density at radius 1 is 1.42 bits per heavy atom. The molecule has 1 aliphatic carbocycles. The van der Waals surface area contributed by atoms with Crippen LogP contribution < -0.4 is 5.32 Å². The minimum Gasteiger partial charge on any atom is -0.389 e. The molecule has 1 fully saturated rings. The SMILES string of the molecule is CC(C)c1noc(-c2ccnc(NCC(O)COCC3CC3)c2)n1. The van der Waals surface area contributed by atoms with Crippen LogP contribution in [0.25, 0.3) is 11.5 Å². The lowest BCUT2D eigenvalue weighted by atomic mass is 10.2. The number of hydrogen-bond acceptors (Lipinski definition) is 7. The van der Waals surface area contributed by atoms with Crippen LogP contribution in [0.1, 0.15) is 38.4 Å². The first-order valence-corrected chi connectivity index (χ1v) is 8.41. The Bertz CT molecular complexity index is 655. The number of aliphatic hydroxyl groups excluding tert-OH is 1. The fourth-order valence-corrected chi connectivity index (χ4v) is 2.18. The zero-order chi connectivity index (χ0) is 16.9. The minimum atomic E-state index is -0.565. The van der Waals surface area contributed by atoms with E-state index in [9.17, 15) is 5.11 Å². The molecule has 2 heterocycles. The molecule has 7 nitrogen and oxygen atoms in total. The van der Waals surface area contributed by atoms with Crippen LogP contribution in [-0.2, 0) is 4.74 Å². The molecule has 2 aromatic heterocycles. The highest BCUT2D eigenvalue weighted by Crippen LogP contribution is 2.28. The van der Waals surface area contributed by atoms with Crippen molar-refractivity contribution in [2.75, 3.05) is 25.1 Å². The molecule has 1 atom stereocenters. The third kappa shape index (κ3) is 4.75. The Hall–Kier alpha value is -1.99. The Kier molecular flexibility index (Phi) is 5.42. The number of aliphatic hydroxyl groups is 1. The van der Waals surface area contributed by atoms with Crippen molar-refractivity contribution in [3.05, 3.63) is 24.2 Å². The molecule has 24 heavy (non-hydrogen) atoms. The Labute approximate surface area is 141 Å². The molecular formula is C17H24N4O3. The van der Waals surface area contributed by atoms with Crippen LogP contribution in [0.3, 0.4) is 0 Å². The monoisotopic (exact) mass is 332 g/mol. The van der Waals surface area contributed by atoms with Gasteiger partial charge in [-0.15, -0.1) is 0 Å². The van der Waals surface area contributed by atoms with Crippen molar-refractivity contribution in [3.8, 4) is 11.5 Å². The normalized spacial score (nSPS) is 15.7. The number of ether oxygens (including phenoxy) is 1. The first-order chi connectivity index (χ1) is 11.6. The second kappa shape index (κ2) is 7.72. The summed E-state index contributed by atoms with van der Waals surface area (Å²) in [6, 6.07) is 3.65. The number of nitrogens with one attached hydrogen (secondary N) is 1. The average Bonchev–Trinajstić information content (AvgIpc) is 3.25. The van der Waals surface area contributed by atoms with Gasteiger partial charge in [-0.05, 0) is 30.9 Å². The van der Waals surface area contributed by atoms with E-state index >= 15 is 0 Å². The average molecular weight is 332 g/mol. The molecule has 0 radical (unpaired) electrons. The summed E-state index contributed by atoms with van der Waals surface area (Å²) >= 11 is 0. The van der Waals surface area contributed by atoms with Crippen LogP contribution in [0.5, 0.6) is 0 Å². The lowest BCUT2D eigenvalue weighted by molar-refractivity contribution is 0.0386.